The Bertz CT molecular complexity index is 1610. The lowest BCUT2D eigenvalue weighted by Crippen LogP contribution is -2.16. The molecule has 3 N–H and O–H groups in total. The first-order valence-electron chi connectivity index (χ1n) is 11.1. The van der Waals surface area contributed by atoms with E-state index < -0.39 is 5.91 Å². The monoisotopic (exact) mass is 608 g/mol. The number of amides is 1. The molecule has 0 radical (unpaired) electrons. The van der Waals surface area contributed by atoms with E-state index in [1.807, 2.05) is 36.5 Å². The number of carbonyl (C=O) groups excluding carboxylic acids is 1. The summed E-state index contributed by atoms with van der Waals surface area (Å²) in [6.45, 7) is 0.518. The highest BCUT2D eigenvalue weighted by atomic mass is 127. The molecule has 3 aromatic carbocycles. The average molecular weight is 608 g/mol. The first kappa shape index (κ1) is 24.2. The number of benzene rings is 3. The summed E-state index contributed by atoms with van der Waals surface area (Å²) in [5, 5.41) is 11.3. The quantitative estimate of drug-likeness (QED) is 0.155. The van der Waals surface area contributed by atoms with Crippen LogP contribution in [0.4, 0.5) is 0 Å². The van der Waals surface area contributed by atoms with Crippen molar-refractivity contribution in [2.75, 3.05) is 0 Å². The minimum Gasteiger partial charge on any atom is -0.366 e. The van der Waals surface area contributed by atoms with E-state index in [1.165, 1.54) is 11.8 Å². The minimum atomic E-state index is -0.454. The number of nitrogens with zero attached hydrogens (tertiary/aromatic N) is 4. The minimum absolute atomic E-state index is 0.147. The van der Waals surface area contributed by atoms with Gasteiger partial charge in [0.1, 0.15) is 3.57 Å². The van der Waals surface area contributed by atoms with Crippen LogP contribution < -0.4 is 11.3 Å². The third-order valence-corrected chi connectivity index (χ3v) is 7.69. The van der Waals surface area contributed by atoms with Gasteiger partial charge in [-0.25, -0.2) is 9.67 Å². The topological polar surface area (TPSA) is 120 Å². The van der Waals surface area contributed by atoms with Crippen molar-refractivity contribution in [3.63, 3.8) is 0 Å². The fourth-order valence-electron chi connectivity index (χ4n) is 3.88. The van der Waals surface area contributed by atoms with Gasteiger partial charge in [0.15, 0.2) is 5.16 Å². The summed E-state index contributed by atoms with van der Waals surface area (Å²) >= 11 is 3.48. The third-order valence-electron chi connectivity index (χ3n) is 5.67. The largest absolute Gasteiger partial charge is 0.366 e. The van der Waals surface area contributed by atoms with E-state index in [-0.39, 0.29) is 5.56 Å². The van der Waals surface area contributed by atoms with Gasteiger partial charge in [-0.3, -0.25) is 9.59 Å². The molecule has 0 atom stereocenters. The summed E-state index contributed by atoms with van der Waals surface area (Å²) in [6.07, 6.45) is 2.43. The van der Waals surface area contributed by atoms with E-state index in [1.54, 1.807) is 16.8 Å². The predicted molar refractivity (Wildman–Crippen MR) is 148 cm³/mol. The molecule has 5 rings (SSSR count). The Hall–Kier alpha value is -3.51. The molecule has 0 aliphatic heterocycles. The number of fused-ring (bicyclic) bond motifs is 1. The van der Waals surface area contributed by atoms with Crippen LogP contribution in [0.1, 0.15) is 32.9 Å². The fraction of sp³-hybridized carbons (Fsp3) is 0.115. The maximum absolute atomic E-state index is 12.6. The predicted octanol–water partition coefficient (Wildman–Crippen LogP) is 4.15. The van der Waals surface area contributed by atoms with Crippen LogP contribution in [0.5, 0.6) is 0 Å². The van der Waals surface area contributed by atoms with Crippen LogP contribution in [0.2, 0.25) is 0 Å². The molecule has 8 nitrogen and oxygen atoms in total. The lowest BCUT2D eigenvalue weighted by molar-refractivity contribution is 0.100. The van der Waals surface area contributed by atoms with Crippen LogP contribution in [0.25, 0.3) is 10.8 Å². The molecule has 0 bridgehead atoms. The molecule has 2 heterocycles. The molecule has 1 amide bonds. The van der Waals surface area contributed by atoms with E-state index in [0.717, 1.165) is 33.3 Å². The smallest absolute Gasteiger partial charge is 0.265 e. The van der Waals surface area contributed by atoms with Crippen molar-refractivity contribution in [1.29, 1.82) is 0 Å². The molecule has 0 aliphatic carbocycles. The number of H-pyrrole nitrogens is 1. The number of halogens is 1. The van der Waals surface area contributed by atoms with Crippen molar-refractivity contribution in [3.8, 4) is 0 Å². The molecular formula is C26H21IN6O2S. The van der Waals surface area contributed by atoms with Crippen LogP contribution in [0.3, 0.4) is 0 Å². The number of hydrogen-bond donors (Lipinski definition) is 2. The van der Waals surface area contributed by atoms with Gasteiger partial charge < -0.3 is 10.7 Å². The maximum atomic E-state index is 12.6. The Morgan fingerprint density at radius 1 is 1.06 bits per heavy atom. The van der Waals surface area contributed by atoms with Crippen LogP contribution in [-0.2, 0) is 18.7 Å². The van der Waals surface area contributed by atoms with Gasteiger partial charge in [-0.1, -0.05) is 71.6 Å². The highest BCUT2D eigenvalue weighted by Gasteiger charge is 2.13. The third kappa shape index (κ3) is 5.49. The zero-order chi connectivity index (χ0) is 25.1. The number of rotatable bonds is 8. The molecule has 0 unspecified atom stereocenters. The average Bonchev–Trinajstić information content (AvgIpc) is 3.33. The highest BCUT2D eigenvalue weighted by molar-refractivity contribution is 14.1. The lowest BCUT2D eigenvalue weighted by atomic mass is 10.0. The Labute approximate surface area is 224 Å². The van der Waals surface area contributed by atoms with Gasteiger partial charge in [-0.05, 0) is 56.6 Å². The van der Waals surface area contributed by atoms with E-state index in [4.69, 9.17) is 10.7 Å². The van der Waals surface area contributed by atoms with Gasteiger partial charge in [-0.15, -0.1) is 5.10 Å². The Morgan fingerprint density at radius 3 is 2.64 bits per heavy atom. The molecule has 10 heteroatoms. The molecule has 0 spiro atoms. The number of primary amides is 1. The van der Waals surface area contributed by atoms with Gasteiger partial charge in [0.2, 0.25) is 5.91 Å². The van der Waals surface area contributed by atoms with Crippen LogP contribution in [-0.4, -0.2) is 30.9 Å². The fourth-order valence-corrected chi connectivity index (χ4v) is 5.08. The molecule has 2 aromatic heterocycles. The number of aromatic amines is 1. The van der Waals surface area contributed by atoms with Crippen LogP contribution in [0, 0.1) is 3.57 Å². The second kappa shape index (κ2) is 10.6. The van der Waals surface area contributed by atoms with Gasteiger partial charge in [-0.2, -0.15) is 0 Å². The second-order valence-electron chi connectivity index (χ2n) is 8.20. The first-order valence-corrected chi connectivity index (χ1v) is 13.2. The van der Waals surface area contributed by atoms with Crippen molar-refractivity contribution < 1.29 is 4.79 Å². The van der Waals surface area contributed by atoms with Crippen molar-refractivity contribution in [2.24, 2.45) is 5.73 Å². The molecule has 0 aliphatic rings. The van der Waals surface area contributed by atoms with E-state index in [0.29, 0.717) is 33.0 Å². The number of hydrogen-bond acceptors (Lipinski definition) is 6. The number of thioether (sulfide) groups is 1. The van der Waals surface area contributed by atoms with Crippen LogP contribution in [0.15, 0.2) is 82.9 Å². The number of nitrogens with one attached hydrogen (secondary N) is 1. The molecule has 0 saturated carbocycles. The summed E-state index contributed by atoms with van der Waals surface area (Å²) in [6, 6.07) is 21.5. The van der Waals surface area contributed by atoms with Gasteiger partial charge in [0.05, 0.1) is 17.9 Å². The Morgan fingerprint density at radius 2 is 1.83 bits per heavy atom. The summed E-state index contributed by atoms with van der Waals surface area (Å²) < 4.78 is 2.32. The van der Waals surface area contributed by atoms with E-state index in [2.05, 4.69) is 62.2 Å². The number of carbonyl (C=O) groups is 1. The number of nitrogens with two attached hydrogens (primary N) is 1. The SMILES string of the molecule is NC(=O)c1ccc(Cn2cc(CSc3nc(Cc4cccc5ccccc45)c(I)c(=O)[nH]3)nn2)cc1. The zero-order valence-electron chi connectivity index (χ0n) is 19.0. The van der Waals surface area contributed by atoms with E-state index in [9.17, 15) is 9.59 Å². The summed E-state index contributed by atoms with van der Waals surface area (Å²) in [7, 11) is 0. The molecule has 0 saturated heterocycles. The molecular weight excluding hydrogens is 587 g/mol. The van der Waals surface area contributed by atoms with Gasteiger partial charge >= 0.3 is 0 Å². The van der Waals surface area contributed by atoms with Crippen molar-refractivity contribution in [1.82, 2.24) is 25.0 Å². The summed E-state index contributed by atoms with van der Waals surface area (Å²) in [5.74, 6) is 0.0573. The Kier molecular flexibility index (Phi) is 7.14. The van der Waals surface area contributed by atoms with E-state index >= 15 is 0 Å². The van der Waals surface area contributed by atoms with Crippen molar-refractivity contribution in [3.05, 3.63) is 115 Å². The Balaban J connectivity index is 1.28. The first-order chi connectivity index (χ1) is 17.5. The van der Waals surface area contributed by atoms with Crippen LogP contribution >= 0.6 is 34.4 Å². The summed E-state index contributed by atoms with van der Waals surface area (Å²) in [4.78, 5) is 31.5. The molecule has 0 fully saturated rings. The normalized spacial score (nSPS) is 11.1. The standard InChI is InChI=1S/C26H21IN6O2S/c27-23-22(12-19-6-3-5-17-4-1-2-7-21(17)19)29-26(30-25(23)35)36-15-20-14-33(32-31-20)13-16-8-10-18(11-9-16)24(28)34/h1-11,14H,12-13,15H2,(H2,28,34)(H,29,30,35). The lowest BCUT2D eigenvalue weighted by Gasteiger charge is -2.09. The molecule has 5 aromatic rings. The van der Waals surface area contributed by atoms with Gasteiger partial charge in [0.25, 0.3) is 5.56 Å². The summed E-state index contributed by atoms with van der Waals surface area (Å²) in [5.41, 5.74) is 9.24. The van der Waals surface area contributed by atoms with Crippen molar-refractivity contribution in [2.45, 2.75) is 23.9 Å². The van der Waals surface area contributed by atoms with Gasteiger partial charge in [0, 0.05) is 23.9 Å². The number of aromatic nitrogens is 5. The second-order valence-corrected chi connectivity index (χ2v) is 10.2. The highest BCUT2D eigenvalue weighted by Crippen LogP contribution is 2.24. The molecule has 36 heavy (non-hydrogen) atoms. The maximum Gasteiger partial charge on any atom is 0.265 e. The van der Waals surface area contributed by atoms with Crippen molar-refractivity contribution >= 4 is 51.0 Å². The molecule has 180 valence electrons. The zero-order valence-corrected chi connectivity index (χ0v) is 22.0.